The fourth-order valence-corrected chi connectivity index (χ4v) is 3.07. The Morgan fingerprint density at radius 3 is 2.24 bits per heavy atom. The van der Waals surface area contributed by atoms with E-state index in [2.05, 4.69) is 0 Å². The largest absolute Gasteiger partial charge is 0.339 e. The van der Waals surface area contributed by atoms with Crippen LogP contribution >= 0.6 is 0 Å². The number of anilines is 1. The molecule has 6 heteroatoms. The number of para-hydroxylation sites is 1. The van der Waals surface area contributed by atoms with Crippen molar-refractivity contribution >= 4 is 21.6 Å². The molecule has 1 aliphatic heterocycles. The summed E-state index contributed by atoms with van der Waals surface area (Å²) in [4.78, 5) is 14.5. The average Bonchev–Trinajstić information content (AvgIpc) is 2.74. The number of hydrogen-bond donors (Lipinski definition) is 0. The summed E-state index contributed by atoms with van der Waals surface area (Å²) in [6.07, 6.45) is 5.45. The number of amides is 1. The minimum Gasteiger partial charge on any atom is -0.339 e. The van der Waals surface area contributed by atoms with E-state index in [0.717, 1.165) is 49.3 Å². The Morgan fingerprint density at radius 1 is 1.10 bits per heavy atom. The normalized spacial score (nSPS) is 16.4. The van der Waals surface area contributed by atoms with Crippen molar-refractivity contribution in [3.63, 3.8) is 0 Å². The van der Waals surface area contributed by atoms with Gasteiger partial charge in [-0.25, -0.2) is 8.42 Å². The molecule has 21 heavy (non-hydrogen) atoms. The van der Waals surface area contributed by atoms with Crippen LogP contribution in [0.2, 0.25) is 0 Å². The molecule has 0 N–H and O–H groups in total. The molecule has 0 radical (unpaired) electrons. The number of carbonyl (C=O) groups excluding carboxylic acids is 1. The van der Waals surface area contributed by atoms with Gasteiger partial charge < -0.3 is 4.90 Å². The van der Waals surface area contributed by atoms with Crippen LogP contribution in [0.25, 0.3) is 0 Å². The Kier molecular flexibility index (Phi) is 4.88. The van der Waals surface area contributed by atoms with Crippen molar-refractivity contribution in [2.45, 2.75) is 25.7 Å². The van der Waals surface area contributed by atoms with Gasteiger partial charge in [0.15, 0.2) is 0 Å². The molecular weight excluding hydrogens is 288 g/mol. The first-order valence-electron chi connectivity index (χ1n) is 7.23. The standard InChI is InChI=1S/C15H22N2O3S/c1-16(21(2,19)20)14-10-6-5-9-13(14)15(18)17-11-7-3-4-8-12-17/h5-6,9-10H,3-4,7-8,11-12H2,1-2H3. The van der Waals surface area contributed by atoms with Gasteiger partial charge in [-0.3, -0.25) is 9.10 Å². The number of rotatable bonds is 3. The SMILES string of the molecule is CN(c1ccccc1C(=O)N1CCCCCC1)S(C)(=O)=O. The Hall–Kier alpha value is -1.56. The van der Waals surface area contributed by atoms with E-state index in [1.807, 2.05) is 4.90 Å². The van der Waals surface area contributed by atoms with Gasteiger partial charge in [0, 0.05) is 20.1 Å². The monoisotopic (exact) mass is 310 g/mol. The lowest BCUT2D eigenvalue weighted by Gasteiger charge is -2.24. The molecular formula is C15H22N2O3S. The highest BCUT2D eigenvalue weighted by atomic mass is 32.2. The molecule has 116 valence electrons. The van der Waals surface area contributed by atoms with E-state index in [1.165, 1.54) is 7.05 Å². The zero-order valence-electron chi connectivity index (χ0n) is 12.6. The molecule has 5 nitrogen and oxygen atoms in total. The van der Waals surface area contributed by atoms with Crippen LogP contribution in [0, 0.1) is 0 Å². The van der Waals surface area contributed by atoms with E-state index in [9.17, 15) is 13.2 Å². The highest BCUT2D eigenvalue weighted by molar-refractivity contribution is 7.92. The predicted octanol–water partition coefficient (Wildman–Crippen LogP) is 2.10. The summed E-state index contributed by atoms with van der Waals surface area (Å²) in [6.45, 7) is 1.49. The lowest BCUT2D eigenvalue weighted by molar-refractivity contribution is 0.0762. The van der Waals surface area contributed by atoms with Crippen molar-refractivity contribution in [3.8, 4) is 0 Å². The van der Waals surface area contributed by atoms with E-state index >= 15 is 0 Å². The van der Waals surface area contributed by atoms with Crippen molar-refractivity contribution in [2.24, 2.45) is 0 Å². The fourth-order valence-electron chi connectivity index (χ4n) is 2.55. The molecule has 0 spiro atoms. The molecule has 1 aromatic rings. The van der Waals surface area contributed by atoms with Crippen LogP contribution in [0.15, 0.2) is 24.3 Å². The molecule has 0 bridgehead atoms. The van der Waals surface area contributed by atoms with E-state index in [-0.39, 0.29) is 5.91 Å². The summed E-state index contributed by atoms with van der Waals surface area (Å²) < 4.78 is 24.6. The first-order valence-corrected chi connectivity index (χ1v) is 9.08. The zero-order chi connectivity index (χ0) is 15.5. The minimum atomic E-state index is -3.39. The Morgan fingerprint density at radius 2 is 1.67 bits per heavy atom. The van der Waals surface area contributed by atoms with Gasteiger partial charge in [-0.05, 0) is 25.0 Å². The van der Waals surface area contributed by atoms with Crippen LogP contribution in [0.1, 0.15) is 36.0 Å². The van der Waals surface area contributed by atoms with Gasteiger partial charge in [0.25, 0.3) is 5.91 Å². The number of hydrogen-bond acceptors (Lipinski definition) is 3. The topological polar surface area (TPSA) is 57.7 Å². The van der Waals surface area contributed by atoms with Crippen molar-refractivity contribution in [2.75, 3.05) is 30.7 Å². The summed E-state index contributed by atoms with van der Waals surface area (Å²) in [6, 6.07) is 6.89. The maximum absolute atomic E-state index is 12.7. The van der Waals surface area contributed by atoms with Gasteiger partial charge >= 0.3 is 0 Å². The van der Waals surface area contributed by atoms with Crippen LogP contribution in [0.4, 0.5) is 5.69 Å². The van der Waals surface area contributed by atoms with Gasteiger partial charge in [0.2, 0.25) is 10.0 Å². The third-order valence-electron chi connectivity index (χ3n) is 3.86. The molecule has 2 rings (SSSR count). The van der Waals surface area contributed by atoms with Gasteiger partial charge in [-0.15, -0.1) is 0 Å². The lowest BCUT2D eigenvalue weighted by atomic mass is 10.1. The summed E-state index contributed by atoms with van der Waals surface area (Å²) in [5.41, 5.74) is 0.890. The van der Waals surface area contributed by atoms with Crippen molar-refractivity contribution in [1.82, 2.24) is 4.90 Å². The lowest BCUT2D eigenvalue weighted by Crippen LogP contribution is -2.34. The van der Waals surface area contributed by atoms with E-state index in [4.69, 9.17) is 0 Å². The molecule has 1 amide bonds. The zero-order valence-corrected chi connectivity index (χ0v) is 13.4. The number of carbonyl (C=O) groups is 1. The van der Waals surface area contributed by atoms with Crippen LogP contribution < -0.4 is 4.31 Å². The van der Waals surface area contributed by atoms with Crippen LogP contribution in [0.3, 0.4) is 0 Å². The van der Waals surface area contributed by atoms with Crippen LogP contribution in [-0.4, -0.2) is 45.6 Å². The number of benzene rings is 1. The van der Waals surface area contributed by atoms with E-state index < -0.39 is 10.0 Å². The van der Waals surface area contributed by atoms with Crippen molar-refractivity contribution in [1.29, 1.82) is 0 Å². The number of likely N-dealkylation sites (tertiary alicyclic amines) is 1. The highest BCUT2D eigenvalue weighted by Crippen LogP contribution is 2.24. The third kappa shape index (κ3) is 3.75. The smallest absolute Gasteiger partial charge is 0.255 e. The Balaban J connectivity index is 2.33. The highest BCUT2D eigenvalue weighted by Gasteiger charge is 2.23. The molecule has 0 saturated carbocycles. The molecule has 0 aromatic heterocycles. The quantitative estimate of drug-likeness (QED) is 0.859. The molecule has 1 saturated heterocycles. The second-order valence-corrected chi connectivity index (χ2v) is 7.47. The first-order chi connectivity index (χ1) is 9.91. The minimum absolute atomic E-state index is 0.0806. The number of sulfonamides is 1. The van der Waals surface area contributed by atoms with E-state index in [1.54, 1.807) is 24.3 Å². The molecule has 0 unspecified atom stereocenters. The van der Waals surface area contributed by atoms with Crippen molar-refractivity contribution < 1.29 is 13.2 Å². The van der Waals surface area contributed by atoms with Crippen LogP contribution in [0.5, 0.6) is 0 Å². The molecule has 1 aromatic carbocycles. The molecule has 1 fully saturated rings. The van der Waals surface area contributed by atoms with Crippen LogP contribution in [-0.2, 0) is 10.0 Å². The summed E-state index contributed by atoms with van der Waals surface area (Å²) >= 11 is 0. The van der Waals surface area contributed by atoms with Gasteiger partial charge in [0.05, 0.1) is 17.5 Å². The Labute approximate surface area is 126 Å². The molecule has 1 aliphatic rings. The second kappa shape index (κ2) is 6.47. The maximum Gasteiger partial charge on any atom is 0.255 e. The van der Waals surface area contributed by atoms with Crippen molar-refractivity contribution in [3.05, 3.63) is 29.8 Å². The maximum atomic E-state index is 12.7. The Bertz CT molecular complexity index is 605. The molecule has 0 aliphatic carbocycles. The summed E-state index contributed by atoms with van der Waals surface area (Å²) in [7, 11) is -1.91. The molecule has 0 atom stereocenters. The first kappa shape index (κ1) is 15.8. The van der Waals surface area contributed by atoms with Gasteiger partial charge in [0.1, 0.15) is 0 Å². The fraction of sp³-hybridized carbons (Fsp3) is 0.533. The molecule has 1 heterocycles. The average molecular weight is 310 g/mol. The summed E-state index contributed by atoms with van der Waals surface area (Å²) in [5.74, 6) is -0.0806. The second-order valence-electron chi connectivity index (χ2n) is 5.45. The summed E-state index contributed by atoms with van der Waals surface area (Å²) in [5, 5.41) is 0. The number of nitrogens with zero attached hydrogens (tertiary/aromatic N) is 2. The predicted molar refractivity (Wildman–Crippen MR) is 84.1 cm³/mol. The van der Waals surface area contributed by atoms with Gasteiger partial charge in [-0.1, -0.05) is 25.0 Å². The van der Waals surface area contributed by atoms with E-state index in [0.29, 0.717) is 11.3 Å². The third-order valence-corrected chi connectivity index (χ3v) is 5.06. The van der Waals surface area contributed by atoms with Gasteiger partial charge in [-0.2, -0.15) is 0 Å².